The lowest BCUT2D eigenvalue weighted by Crippen LogP contribution is -2.13. The van der Waals surface area contributed by atoms with E-state index in [-0.39, 0.29) is 5.91 Å². The molecule has 0 unspecified atom stereocenters. The average molecular weight is 401 g/mol. The van der Waals surface area contributed by atoms with Gasteiger partial charge in [-0.05, 0) is 36.2 Å². The summed E-state index contributed by atoms with van der Waals surface area (Å²) >= 11 is 7.38. The summed E-state index contributed by atoms with van der Waals surface area (Å²) in [7, 11) is 0. The molecule has 0 saturated carbocycles. The van der Waals surface area contributed by atoms with Gasteiger partial charge in [0.15, 0.2) is 5.13 Å². The van der Waals surface area contributed by atoms with E-state index >= 15 is 0 Å². The maximum atomic E-state index is 12.6. The molecule has 2 aromatic carbocycles. The number of nitrogens with zero attached hydrogens (tertiary/aromatic N) is 1. The topological polar surface area (TPSA) is 51.2 Å². The summed E-state index contributed by atoms with van der Waals surface area (Å²) in [6.07, 6.45) is 4.54. The van der Waals surface area contributed by atoms with Crippen LogP contribution >= 0.6 is 22.9 Å². The fourth-order valence-electron chi connectivity index (χ4n) is 2.52. The van der Waals surface area contributed by atoms with E-state index in [4.69, 9.17) is 16.3 Å². The Morgan fingerprint density at radius 3 is 2.74 bits per heavy atom. The summed E-state index contributed by atoms with van der Waals surface area (Å²) in [5.41, 5.74) is 1.67. The van der Waals surface area contributed by atoms with Crippen LogP contribution in [0.4, 0.5) is 5.13 Å². The summed E-state index contributed by atoms with van der Waals surface area (Å²) < 4.78 is 5.74. The van der Waals surface area contributed by atoms with Gasteiger partial charge in [0.05, 0.1) is 12.2 Å². The number of para-hydroxylation sites is 1. The molecule has 6 heteroatoms. The van der Waals surface area contributed by atoms with Crippen LogP contribution < -0.4 is 10.1 Å². The van der Waals surface area contributed by atoms with Gasteiger partial charge >= 0.3 is 0 Å². The number of benzene rings is 2. The molecule has 0 aliphatic rings. The minimum Gasteiger partial charge on any atom is -0.493 e. The summed E-state index contributed by atoms with van der Waals surface area (Å²) in [4.78, 5) is 18.0. The number of nitrogens with one attached hydrogen (secondary N) is 1. The monoisotopic (exact) mass is 400 g/mol. The highest BCUT2D eigenvalue weighted by molar-refractivity contribution is 7.15. The van der Waals surface area contributed by atoms with E-state index in [2.05, 4.69) is 17.2 Å². The van der Waals surface area contributed by atoms with Crippen molar-refractivity contribution in [1.82, 2.24) is 4.98 Å². The van der Waals surface area contributed by atoms with Crippen LogP contribution in [-0.4, -0.2) is 17.5 Å². The molecule has 0 radical (unpaired) electrons. The zero-order chi connectivity index (χ0) is 19.1. The number of anilines is 1. The molecule has 0 saturated heterocycles. The molecule has 1 heterocycles. The largest absolute Gasteiger partial charge is 0.493 e. The van der Waals surface area contributed by atoms with Crippen molar-refractivity contribution in [3.63, 3.8) is 0 Å². The molecule has 1 aromatic heterocycles. The second kappa shape index (κ2) is 9.53. The minimum atomic E-state index is -0.213. The van der Waals surface area contributed by atoms with Gasteiger partial charge in [0, 0.05) is 22.5 Å². The predicted molar refractivity (Wildman–Crippen MR) is 111 cm³/mol. The van der Waals surface area contributed by atoms with E-state index in [1.807, 2.05) is 42.5 Å². The Morgan fingerprint density at radius 2 is 1.96 bits per heavy atom. The first-order chi connectivity index (χ1) is 13.2. The van der Waals surface area contributed by atoms with Crippen LogP contribution in [-0.2, 0) is 6.42 Å². The highest BCUT2D eigenvalue weighted by Crippen LogP contribution is 2.24. The average Bonchev–Trinajstić information content (AvgIpc) is 3.11. The molecule has 4 nitrogen and oxygen atoms in total. The molecule has 0 atom stereocenters. The van der Waals surface area contributed by atoms with Gasteiger partial charge in [0.25, 0.3) is 5.91 Å². The second-order valence-corrected chi connectivity index (χ2v) is 7.64. The van der Waals surface area contributed by atoms with Crippen LogP contribution in [0.2, 0.25) is 5.02 Å². The lowest BCUT2D eigenvalue weighted by atomic mass is 10.1. The summed E-state index contributed by atoms with van der Waals surface area (Å²) in [5.74, 6) is 0.385. The van der Waals surface area contributed by atoms with Crippen molar-refractivity contribution < 1.29 is 9.53 Å². The Bertz CT molecular complexity index is 893. The smallest absolute Gasteiger partial charge is 0.261 e. The van der Waals surface area contributed by atoms with Crippen molar-refractivity contribution in [2.24, 2.45) is 0 Å². The number of thiazole rings is 1. The molecule has 140 valence electrons. The standard InChI is InChI=1S/C21H21ClN2O2S/c1-2-3-12-26-19-7-5-4-6-18(19)20(25)24-21-23-14-17(27-21)13-15-8-10-16(22)11-9-15/h4-11,14H,2-3,12-13H2,1H3,(H,23,24,25). The third-order valence-electron chi connectivity index (χ3n) is 3.95. The zero-order valence-corrected chi connectivity index (χ0v) is 16.6. The lowest BCUT2D eigenvalue weighted by Gasteiger charge is -2.10. The first-order valence-electron chi connectivity index (χ1n) is 8.88. The highest BCUT2D eigenvalue weighted by atomic mass is 35.5. The Labute approximate surface area is 168 Å². The molecule has 0 bridgehead atoms. The number of hydrogen-bond donors (Lipinski definition) is 1. The van der Waals surface area contributed by atoms with E-state index in [0.717, 1.165) is 34.7 Å². The molecule has 3 aromatic rings. The number of halogens is 1. The van der Waals surface area contributed by atoms with E-state index in [1.165, 1.54) is 11.3 Å². The lowest BCUT2D eigenvalue weighted by molar-refractivity contribution is 0.102. The van der Waals surface area contributed by atoms with Crippen molar-refractivity contribution in [3.05, 3.63) is 75.8 Å². The van der Waals surface area contributed by atoms with E-state index < -0.39 is 0 Å². The van der Waals surface area contributed by atoms with Gasteiger partial charge in [-0.15, -0.1) is 11.3 Å². The first-order valence-corrected chi connectivity index (χ1v) is 10.1. The number of ether oxygens (including phenoxy) is 1. The Hall–Kier alpha value is -2.37. The predicted octanol–water partition coefficient (Wildman–Crippen LogP) is 5.82. The van der Waals surface area contributed by atoms with E-state index in [1.54, 1.807) is 12.3 Å². The van der Waals surface area contributed by atoms with Gasteiger partial charge < -0.3 is 4.74 Å². The van der Waals surface area contributed by atoms with Crippen LogP contribution in [0.1, 0.15) is 40.6 Å². The fraction of sp³-hybridized carbons (Fsp3) is 0.238. The molecular weight excluding hydrogens is 380 g/mol. The van der Waals surface area contributed by atoms with Crippen molar-refractivity contribution in [1.29, 1.82) is 0 Å². The number of hydrogen-bond acceptors (Lipinski definition) is 4. The number of carbonyl (C=O) groups excluding carboxylic acids is 1. The number of unbranched alkanes of at least 4 members (excludes halogenated alkanes) is 1. The van der Waals surface area contributed by atoms with E-state index in [0.29, 0.717) is 23.1 Å². The van der Waals surface area contributed by atoms with Gasteiger partial charge in [-0.2, -0.15) is 0 Å². The van der Waals surface area contributed by atoms with Gasteiger partial charge in [-0.25, -0.2) is 4.98 Å². The van der Waals surface area contributed by atoms with Crippen LogP contribution in [0.15, 0.2) is 54.7 Å². The van der Waals surface area contributed by atoms with Crippen molar-refractivity contribution >= 4 is 34.0 Å². The first kappa shape index (κ1) is 19.4. The Morgan fingerprint density at radius 1 is 1.19 bits per heavy atom. The van der Waals surface area contributed by atoms with Crippen LogP contribution in [0.25, 0.3) is 0 Å². The number of rotatable bonds is 8. The number of amides is 1. The maximum Gasteiger partial charge on any atom is 0.261 e. The number of carbonyl (C=O) groups is 1. The maximum absolute atomic E-state index is 12.6. The molecule has 0 aliphatic carbocycles. The summed E-state index contributed by atoms with van der Waals surface area (Å²) in [6, 6.07) is 15.0. The zero-order valence-electron chi connectivity index (χ0n) is 15.1. The van der Waals surface area contributed by atoms with Crippen molar-refractivity contribution in [2.75, 3.05) is 11.9 Å². The molecule has 1 amide bonds. The minimum absolute atomic E-state index is 0.213. The molecule has 0 aliphatic heterocycles. The van der Waals surface area contributed by atoms with Crippen LogP contribution in [0.5, 0.6) is 5.75 Å². The Kier molecular flexibility index (Phi) is 6.85. The molecular formula is C21H21ClN2O2S. The molecule has 0 spiro atoms. The number of aromatic nitrogens is 1. The fourth-order valence-corrected chi connectivity index (χ4v) is 3.49. The van der Waals surface area contributed by atoms with E-state index in [9.17, 15) is 4.79 Å². The van der Waals surface area contributed by atoms with Gasteiger partial charge in [0.1, 0.15) is 5.75 Å². The molecule has 0 fully saturated rings. The second-order valence-electron chi connectivity index (χ2n) is 6.09. The SMILES string of the molecule is CCCCOc1ccccc1C(=O)Nc1ncc(Cc2ccc(Cl)cc2)s1. The third-order valence-corrected chi connectivity index (χ3v) is 5.12. The summed E-state index contributed by atoms with van der Waals surface area (Å²) in [5, 5.41) is 4.17. The van der Waals surface area contributed by atoms with Gasteiger partial charge in [-0.3, -0.25) is 10.1 Å². The summed E-state index contributed by atoms with van der Waals surface area (Å²) in [6.45, 7) is 2.70. The molecule has 27 heavy (non-hydrogen) atoms. The van der Waals surface area contributed by atoms with Crippen molar-refractivity contribution in [2.45, 2.75) is 26.2 Å². The van der Waals surface area contributed by atoms with Crippen LogP contribution in [0, 0.1) is 0 Å². The third kappa shape index (κ3) is 5.55. The quantitative estimate of drug-likeness (QED) is 0.485. The van der Waals surface area contributed by atoms with Crippen LogP contribution in [0.3, 0.4) is 0 Å². The molecule has 3 rings (SSSR count). The highest BCUT2D eigenvalue weighted by Gasteiger charge is 2.14. The normalized spacial score (nSPS) is 10.6. The molecule has 1 N–H and O–H groups in total. The van der Waals surface area contributed by atoms with Gasteiger partial charge in [-0.1, -0.05) is 49.2 Å². The van der Waals surface area contributed by atoms with Crippen molar-refractivity contribution in [3.8, 4) is 5.75 Å². The Balaban J connectivity index is 1.65. The van der Waals surface area contributed by atoms with Gasteiger partial charge in [0.2, 0.25) is 0 Å².